The number of benzene rings is 2. The van der Waals surface area contributed by atoms with E-state index < -0.39 is 17.5 Å². The first-order valence-electron chi connectivity index (χ1n) is 11.2. The van der Waals surface area contributed by atoms with Crippen LogP contribution in [0.3, 0.4) is 0 Å². The maximum Gasteiger partial charge on any atom is 0.274 e. The molecule has 1 fully saturated rings. The van der Waals surface area contributed by atoms with Crippen LogP contribution in [0.2, 0.25) is 0 Å². The Morgan fingerprint density at radius 3 is 2.56 bits per heavy atom. The lowest BCUT2D eigenvalue weighted by atomic mass is 9.81. The summed E-state index contributed by atoms with van der Waals surface area (Å²) in [7, 11) is 1.69. The van der Waals surface area contributed by atoms with E-state index in [2.05, 4.69) is 15.1 Å². The summed E-state index contributed by atoms with van der Waals surface area (Å²) >= 11 is 0. The minimum absolute atomic E-state index is 0.106. The van der Waals surface area contributed by atoms with Crippen molar-refractivity contribution < 1.29 is 18.0 Å². The van der Waals surface area contributed by atoms with Crippen molar-refractivity contribution in [1.29, 1.82) is 0 Å². The summed E-state index contributed by atoms with van der Waals surface area (Å²) in [6.07, 6.45) is 4.45. The Balaban J connectivity index is 1.42. The fourth-order valence-corrected chi connectivity index (χ4v) is 5.39. The number of rotatable bonds is 2. The number of amides is 1. The van der Waals surface area contributed by atoms with Gasteiger partial charge in [-0.2, -0.15) is 5.10 Å². The molecule has 6 rings (SSSR count). The molecule has 1 saturated heterocycles. The van der Waals surface area contributed by atoms with E-state index in [1.807, 2.05) is 29.2 Å². The van der Waals surface area contributed by atoms with Gasteiger partial charge in [-0.3, -0.25) is 14.5 Å². The third-order valence-corrected chi connectivity index (χ3v) is 6.84. The van der Waals surface area contributed by atoms with E-state index in [9.17, 15) is 18.0 Å². The Morgan fingerprint density at radius 2 is 1.79 bits per heavy atom. The summed E-state index contributed by atoms with van der Waals surface area (Å²) in [6, 6.07) is 8.98. The van der Waals surface area contributed by atoms with E-state index in [-0.39, 0.29) is 29.2 Å². The summed E-state index contributed by atoms with van der Waals surface area (Å²) in [4.78, 5) is 24.4. The lowest BCUT2D eigenvalue weighted by Gasteiger charge is -2.45. The molecule has 2 aliphatic heterocycles. The van der Waals surface area contributed by atoms with Crippen LogP contribution in [0.15, 0.2) is 42.6 Å². The smallest absolute Gasteiger partial charge is 0.274 e. The first kappa shape index (κ1) is 20.8. The standard InChI is InChI=1S/C25H20F3N5O/c1-32-24(13-9-16(26)22(28)17(27)10-13)15-11-14-5-4-8-21(23(15)31-32)33(14)25(34)20-12-29-18-6-2-3-7-19(18)30-20/h2-3,6-7,9-10,12,14,21H,4-5,8,11H2,1H3/t14-,21+/m1/s1. The van der Waals surface area contributed by atoms with Gasteiger partial charge in [0.2, 0.25) is 0 Å². The van der Waals surface area contributed by atoms with E-state index in [0.29, 0.717) is 28.8 Å². The molecule has 0 unspecified atom stereocenters. The van der Waals surface area contributed by atoms with Crippen LogP contribution in [0.1, 0.15) is 47.1 Å². The van der Waals surface area contributed by atoms with Crippen molar-refractivity contribution in [2.45, 2.75) is 37.8 Å². The summed E-state index contributed by atoms with van der Waals surface area (Å²) in [5.41, 5.74) is 3.97. The van der Waals surface area contributed by atoms with E-state index in [0.717, 1.165) is 37.0 Å². The summed E-state index contributed by atoms with van der Waals surface area (Å²) in [6.45, 7) is 0. The van der Waals surface area contributed by atoms with Crippen molar-refractivity contribution in [3.05, 3.63) is 77.0 Å². The highest BCUT2D eigenvalue weighted by atomic mass is 19.2. The second-order valence-corrected chi connectivity index (χ2v) is 8.85. The molecule has 9 heteroatoms. The Labute approximate surface area is 193 Å². The van der Waals surface area contributed by atoms with Gasteiger partial charge in [-0.05, 0) is 49.9 Å². The maximum absolute atomic E-state index is 14.0. The second kappa shape index (κ2) is 7.65. The van der Waals surface area contributed by atoms with Crippen LogP contribution in [-0.2, 0) is 13.5 Å². The van der Waals surface area contributed by atoms with Crippen LogP contribution >= 0.6 is 0 Å². The molecule has 34 heavy (non-hydrogen) atoms. The second-order valence-electron chi connectivity index (χ2n) is 8.85. The number of piperidine rings is 1. The zero-order valence-corrected chi connectivity index (χ0v) is 18.3. The van der Waals surface area contributed by atoms with E-state index >= 15 is 0 Å². The number of hydrogen-bond donors (Lipinski definition) is 0. The monoisotopic (exact) mass is 463 g/mol. The zero-order valence-electron chi connectivity index (χ0n) is 18.3. The number of hydrogen-bond acceptors (Lipinski definition) is 4. The van der Waals surface area contributed by atoms with Crippen LogP contribution in [0, 0.1) is 17.5 Å². The minimum atomic E-state index is -1.50. The molecule has 2 aliphatic rings. The van der Waals surface area contributed by atoms with Gasteiger partial charge in [0.15, 0.2) is 17.5 Å². The average Bonchev–Trinajstić information content (AvgIpc) is 3.16. The molecule has 0 spiro atoms. The highest BCUT2D eigenvalue weighted by Crippen LogP contribution is 2.45. The van der Waals surface area contributed by atoms with Gasteiger partial charge in [0.1, 0.15) is 5.69 Å². The molecule has 6 nitrogen and oxygen atoms in total. The number of aromatic nitrogens is 4. The molecule has 0 radical (unpaired) electrons. The maximum atomic E-state index is 14.0. The lowest BCUT2D eigenvalue weighted by Crippen LogP contribution is -2.50. The summed E-state index contributed by atoms with van der Waals surface area (Å²) < 4.78 is 43.1. The fraction of sp³-hybridized carbons (Fsp3) is 0.280. The Hall–Kier alpha value is -3.75. The highest BCUT2D eigenvalue weighted by Gasteiger charge is 2.44. The molecular formula is C25H20F3N5O. The first-order chi connectivity index (χ1) is 16.4. The molecule has 0 aliphatic carbocycles. The SMILES string of the molecule is Cn1nc2c(c1-c1cc(F)c(F)c(F)c1)C[C@H]1CCC[C@@H]2N1C(=O)c1cnc2ccccc2n1. The number of nitrogens with zero attached hydrogens (tertiary/aromatic N) is 5. The van der Waals surface area contributed by atoms with Crippen molar-refractivity contribution in [2.24, 2.45) is 7.05 Å². The van der Waals surface area contributed by atoms with Crippen molar-refractivity contribution in [1.82, 2.24) is 24.6 Å². The molecule has 0 N–H and O–H groups in total. The minimum Gasteiger partial charge on any atom is -0.325 e. The van der Waals surface area contributed by atoms with Gasteiger partial charge < -0.3 is 4.90 Å². The predicted molar refractivity (Wildman–Crippen MR) is 118 cm³/mol. The van der Waals surface area contributed by atoms with Crippen LogP contribution in [0.25, 0.3) is 22.3 Å². The number of fused-ring (bicyclic) bond motifs is 5. The average molecular weight is 463 g/mol. The van der Waals surface area contributed by atoms with Gasteiger partial charge in [0.05, 0.1) is 34.7 Å². The highest BCUT2D eigenvalue weighted by molar-refractivity contribution is 5.94. The van der Waals surface area contributed by atoms with Gasteiger partial charge in [-0.15, -0.1) is 0 Å². The van der Waals surface area contributed by atoms with Crippen molar-refractivity contribution in [2.75, 3.05) is 0 Å². The van der Waals surface area contributed by atoms with E-state index in [4.69, 9.17) is 0 Å². The molecule has 2 aromatic carbocycles. The van der Waals surface area contributed by atoms with Crippen LogP contribution < -0.4 is 0 Å². The third-order valence-electron chi connectivity index (χ3n) is 6.84. The third kappa shape index (κ3) is 3.10. The van der Waals surface area contributed by atoms with Crippen LogP contribution in [-0.4, -0.2) is 36.6 Å². The van der Waals surface area contributed by atoms with Gasteiger partial charge >= 0.3 is 0 Å². The molecular weight excluding hydrogens is 443 g/mol. The van der Waals surface area contributed by atoms with E-state index in [1.54, 1.807) is 11.7 Å². The molecule has 172 valence electrons. The number of halogens is 3. The van der Waals surface area contributed by atoms with Gasteiger partial charge in [0.25, 0.3) is 5.91 Å². The first-order valence-corrected chi connectivity index (χ1v) is 11.2. The van der Waals surface area contributed by atoms with Gasteiger partial charge in [0, 0.05) is 24.2 Å². The fourth-order valence-electron chi connectivity index (χ4n) is 5.39. The Morgan fingerprint density at radius 1 is 1.06 bits per heavy atom. The van der Waals surface area contributed by atoms with Crippen molar-refractivity contribution >= 4 is 16.9 Å². The van der Waals surface area contributed by atoms with E-state index in [1.165, 1.54) is 6.20 Å². The number of aryl methyl sites for hydroxylation is 1. The lowest BCUT2D eigenvalue weighted by molar-refractivity contribution is 0.0386. The normalized spacial score (nSPS) is 19.4. The molecule has 2 aromatic heterocycles. The van der Waals surface area contributed by atoms with Crippen LogP contribution in [0.5, 0.6) is 0 Å². The molecule has 4 heterocycles. The number of carbonyl (C=O) groups is 1. The van der Waals surface area contributed by atoms with Gasteiger partial charge in [-0.1, -0.05) is 12.1 Å². The number of para-hydroxylation sites is 2. The van der Waals surface area contributed by atoms with Crippen molar-refractivity contribution in [3.63, 3.8) is 0 Å². The van der Waals surface area contributed by atoms with Gasteiger partial charge in [-0.25, -0.2) is 18.2 Å². The molecule has 1 amide bonds. The summed E-state index contributed by atoms with van der Waals surface area (Å²) in [5.74, 6) is -4.19. The zero-order chi connectivity index (χ0) is 23.6. The van der Waals surface area contributed by atoms with Crippen molar-refractivity contribution in [3.8, 4) is 11.3 Å². The van der Waals surface area contributed by atoms with Crippen LogP contribution in [0.4, 0.5) is 13.2 Å². The topological polar surface area (TPSA) is 63.9 Å². The molecule has 2 bridgehead atoms. The molecule has 4 aromatic rings. The quantitative estimate of drug-likeness (QED) is 0.403. The summed E-state index contributed by atoms with van der Waals surface area (Å²) in [5, 5.41) is 4.65. The number of carbonyl (C=O) groups excluding carboxylic acids is 1. The predicted octanol–water partition coefficient (Wildman–Crippen LogP) is 4.74. The molecule has 0 saturated carbocycles. The Bertz CT molecular complexity index is 1440. The molecule has 2 atom stereocenters. The largest absolute Gasteiger partial charge is 0.325 e. The Kier molecular flexibility index (Phi) is 4.68.